The third-order valence-electron chi connectivity index (χ3n) is 3.16. The maximum absolute atomic E-state index is 11.7. The molecular formula is C12H18N4O3. The summed E-state index contributed by atoms with van der Waals surface area (Å²) in [7, 11) is 0. The number of nitrogens with one attached hydrogen (secondary N) is 2. The fourth-order valence-electron chi connectivity index (χ4n) is 2.23. The van der Waals surface area contributed by atoms with Crippen molar-refractivity contribution >= 4 is 5.71 Å². The average Bonchev–Trinajstić information content (AvgIpc) is 2.56. The summed E-state index contributed by atoms with van der Waals surface area (Å²) in [5, 5.41) is 15.9. The number of hydrogen-bond donors (Lipinski definition) is 3. The standard InChI is InChI=1S/C12H18N4O3/c1-8(15-16-6-4-2-3-5-7-16)9-10(17)13-12(19)14-11(9)18/h2-7H2,1H3,(H3,13,14,17,18,19)/b15-8+. The molecule has 2 rings (SSSR count). The minimum atomic E-state index is -0.728. The Balaban J connectivity index is 2.30. The van der Waals surface area contributed by atoms with Gasteiger partial charge >= 0.3 is 5.69 Å². The lowest BCUT2D eigenvalue weighted by Gasteiger charge is -2.17. The number of aromatic nitrogens is 2. The van der Waals surface area contributed by atoms with Crippen LogP contribution in [0.4, 0.5) is 0 Å². The first-order valence-corrected chi connectivity index (χ1v) is 6.44. The van der Waals surface area contributed by atoms with Crippen molar-refractivity contribution in [3.63, 3.8) is 0 Å². The van der Waals surface area contributed by atoms with Crippen LogP contribution in [-0.2, 0) is 0 Å². The Kier molecular flexibility index (Phi) is 4.03. The highest BCUT2D eigenvalue weighted by molar-refractivity contribution is 5.99. The summed E-state index contributed by atoms with van der Waals surface area (Å²) in [6.45, 7) is 3.34. The monoisotopic (exact) mass is 266 g/mol. The fraction of sp³-hybridized carbons (Fsp3) is 0.583. The zero-order valence-corrected chi connectivity index (χ0v) is 10.9. The molecule has 0 aliphatic carbocycles. The molecule has 1 aliphatic heterocycles. The van der Waals surface area contributed by atoms with Crippen LogP contribution in [0, 0.1) is 0 Å². The van der Waals surface area contributed by atoms with Gasteiger partial charge in [0.05, 0.1) is 5.71 Å². The summed E-state index contributed by atoms with van der Waals surface area (Å²) in [5.74, 6) is -0.440. The Hall–Kier alpha value is -2.05. The van der Waals surface area contributed by atoms with Gasteiger partial charge in [-0.15, -0.1) is 0 Å². The molecule has 1 saturated heterocycles. The van der Waals surface area contributed by atoms with Crippen molar-refractivity contribution in [3.05, 3.63) is 26.4 Å². The topological polar surface area (TPSA) is 102 Å². The summed E-state index contributed by atoms with van der Waals surface area (Å²) in [4.78, 5) is 26.9. The van der Waals surface area contributed by atoms with E-state index in [1.807, 2.05) is 5.01 Å². The second-order valence-electron chi connectivity index (χ2n) is 4.69. The molecule has 3 N–H and O–H groups in total. The molecule has 1 aromatic heterocycles. The molecule has 1 aromatic rings. The van der Waals surface area contributed by atoms with Gasteiger partial charge in [-0.25, -0.2) is 4.79 Å². The van der Waals surface area contributed by atoms with Crippen LogP contribution in [0.25, 0.3) is 0 Å². The third kappa shape index (κ3) is 3.24. The van der Waals surface area contributed by atoms with Crippen molar-refractivity contribution in [1.29, 1.82) is 0 Å². The van der Waals surface area contributed by atoms with Crippen molar-refractivity contribution in [2.45, 2.75) is 32.6 Å². The molecule has 0 saturated carbocycles. The van der Waals surface area contributed by atoms with E-state index in [9.17, 15) is 14.7 Å². The van der Waals surface area contributed by atoms with E-state index in [0.29, 0.717) is 5.71 Å². The van der Waals surface area contributed by atoms with Crippen molar-refractivity contribution < 1.29 is 5.11 Å². The highest BCUT2D eigenvalue weighted by Crippen LogP contribution is 2.12. The van der Waals surface area contributed by atoms with E-state index in [4.69, 9.17) is 0 Å². The van der Waals surface area contributed by atoms with Crippen molar-refractivity contribution in [1.82, 2.24) is 15.0 Å². The SMILES string of the molecule is C/C(=N\N1CCCCCC1)c1c(O)[nH]c(=O)[nH]c1=O. The van der Waals surface area contributed by atoms with E-state index in [1.165, 1.54) is 12.8 Å². The number of hydrazone groups is 1. The normalized spacial score (nSPS) is 17.3. The number of nitrogens with zero attached hydrogens (tertiary/aromatic N) is 2. The van der Waals surface area contributed by atoms with Crippen LogP contribution in [0.1, 0.15) is 38.2 Å². The molecule has 0 spiro atoms. The lowest BCUT2D eigenvalue weighted by Crippen LogP contribution is -2.28. The predicted molar refractivity (Wildman–Crippen MR) is 71.6 cm³/mol. The molecule has 0 aromatic carbocycles. The van der Waals surface area contributed by atoms with Crippen molar-refractivity contribution in [2.75, 3.05) is 13.1 Å². The van der Waals surface area contributed by atoms with Crippen LogP contribution in [0.2, 0.25) is 0 Å². The van der Waals surface area contributed by atoms with Gasteiger partial charge < -0.3 is 5.11 Å². The molecule has 2 heterocycles. The smallest absolute Gasteiger partial charge is 0.328 e. The molecule has 0 radical (unpaired) electrons. The average molecular weight is 266 g/mol. The van der Waals surface area contributed by atoms with Gasteiger partial charge in [0.15, 0.2) is 0 Å². The Morgan fingerprint density at radius 2 is 1.79 bits per heavy atom. The summed E-state index contributed by atoms with van der Waals surface area (Å²) >= 11 is 0. The number of aromatic amines is 2. The highest BCUT2D eigenvalue weighted by atomic mass is 16.3. The van der Waals surface area contributed by atoms with Crippen LogP contribution in [-0.4, -0.2) is 38.9 Å². The van der Waals surface area contributed by atoms with Crippen molar-refractivity contribution in [2.24, 2.45) is 5.10 Å². The van der Waals surface area contributed by atoms with Crippen LogP contribution in [0.5, 0.6) is 5.88 Å². The maximum Gasteiger partial charge on any atom is 0.328 e. The number of H-pyrrole nitrogens is 2. The Labute approximate surface area is 110 Å². The van der Waals surface area contributed by atoms with Crippen LogP contribution < -0.4 is 11.2 Å². The molecule has 0 amide bonds. The summed E-state index contributed by atoms with van der Waals surface area (Å²) in [5.41, 5.74) is -0.938. The van der Waals surface area contributed by atoms with Gasteiger partial charge in [-0.3, -0.25) is 19.8 Å². The molecule has 0 atom stereocenters. The molecule has 0 unspecified atom stereocenters. The summed E-state index contributed by atoms with van der Waals surface area (Å²) < 4.78 is 0. The molecular weight excluding hydrogens is 248 g/mol. The molecule has 7 nitrogen and oxygen atoms in total. The van der Waals surface area contributed by atoms with E-state index >= 15 is 0 Å². The van der Waals surface area contributed by atoms with Gasteiger partial charge in [0.25, 0.3) is 5.56 Å². The molecule has 19 heavy (non-hydrogen) atoms. The molecule has 1 fully saturated rings. The Morgan fingerprint density at radius 3 is 2.37 bits per heavy atom. The van der Waals surface area contributed by atoms with E-state index in [0.717, 1.165) is 25.9 Å². The van der Waals surface area contributed by atoms with E-state index in [1.54, 1.807) is 6.92 Å². The van der Waals surface area contributed by atoms with Crippen LogP contribution >= 0.6 is 0 Å². The zero-order chi connectivity index (χ0) is 13.8. The second kappa shape index (κ2) is 5.73. The van der Waals surface area contributed by atoms with E-state index in [-0.39, 0.29) is 5.56 Å². The van der Waals surface area contributed by atoms with Crippen molar-refractivity contribution in [3.8, 4) is 5.88 Å². The minimum absolute atomic E-state index is 0.0175. The first kappa shape index (κ1) is 13.4. The minimum Gasteiger partial charge on any atom is -0.494 e. The largest absolute Gasteiger partial charge is 0.494 e. The van der Waals surface area contributed by atoms with Crippen LogP contribution in [0.3, 0.4) is 0 Å². The third-order valence-corrected chi connectivity index (χ3v) is 3.16. The van der Waals surface area contributed by atoms with Gasteiger partial charge in [0, 0.05) is 13.1 Å². The fourth-order valence-corrected chi connectivity index (χ4v) is 2.23. The Morgan fingerprint density at radius 1 is 1.16 bits per heavy atom. The van der Waals surface area contributed by atoms with E-state index in [2.05, 4.69) is 15.1 Å². The quantitative estimate of drug-likeness (QED) is 0.673. The summed E-state index contributed by atoms with van der Waals surface area (Å²) in [6.07, 6.45) is 4.53. The van der Waals surface area contributed by atoms with Crippen LogP contribution in [0.15, 0.2) is 14.7 Å². The maximum atomic E-state index is 11.7. The van der Waals surface area contributed by atoms with Gasteiger partial charge in [-0.1, -0.05) is 12.8 Å². The first-order chi connectivity index (χ1) is 9.08. The number of hydrogen-bond acceptors (Lipinski definition) is 5. The van der Waals surface area contributed by atoms with Gasteiger partial charge in [-0.2, -0.15) is 5.10 Å². The number of aromatic hydroxyl groups is 1. The van der Waals surface area contributed by atoms with Gasteiger partial charge in [0.1, 0.15) is 5.56 Å². The molecule has 0 bridgehead atoms. The lowest BCUT2D eigenvalue weighted by atomic mass is 10.2. The molecule has 7 heteroatoms. The highest BCUT2D eigenvalue weighted by Gasteiger charge is 2.14. The summed E-state index contributed by atoms with van der Waals surface area (Å²) in [6, 6.07) is 0. The van der Waals surface area contributed by atoms with E-state index < -0.39 is 17.1 Å². The molecule has 104 valence electrons. The van der Waals surface area contributed by atoms with Gasteiger partial charge in [0.2, 0.25) is 5.88 Å². The lowest BCUT2D eigenvalue weighted by molar-refractivity contribution is 0.300. The second-order valence-corrected chi connectivity index (χ2v) is 4.69. The zero-order valence-electron chi connectivity index (χ0n) is 10.9. The predicted octanol–water partition coefficient (Wildman–Crippen LogP) is 0.369. The van der Waals surface area contributed by atoms with Gasteiger partial charge in [-0.05, 0) is 19.8 Å². The first-order valence-electron chi connectivity index (χ1n) is 6.44. The Bertz CT molecular complexity index is 579. The molecule has 1 aliphatic rings. The number of rotatable bonds is 2.